The van der Waals surface area contributed by atoms with Gasteiger partial charge in [-0.25, -0.2) is 0 Å². The smallest absolute Gasteiger partial charge is 0.0406 e. The Kier molecular flexibility index (Phi) is 6.92. The third-order valence-electron chi connectivity index (χ3n) is 4.08. The zero-order chi connectivity index (χ0) is 17.0. The number of hydrogen-bond donors (Lipinski definition) is 0. The average Bonchev–Trinajstić information content (AvgIpc) is 2.50. The van der Waals surface area contributed by atoms with Crippen LogP contribution in [0.25, 0.3) is 0 Å². The van der Waals surface area contributed by atoms with Gasteiger partial charge in [-0.1, -0.05) is 61.3 Å². The van der Waals surface area contributed by atoms with E-state index in [1.807, 2.05) is 24.3 Å². The van der Waals surface area contributed by atoms with E-state index in [0.29, 0.717) is 12.0 Å². The summed E-state index contributed by atoms with van der Waals surface area (Å²) in [6.07, 6.45) is 1.13. The van der Waals surface area contributed by atoms with Crippen LogP contribution < -0.4 is 10.6 Å². The third kappa shape index (κ3) is 5.19. The highest BCUT2D eigenvalue weighted by Crippen LogP contribution is 2.37. The minimum Gasteiger partial charge on any atom is -0.306 e. The molecule has 0 saturated carbocycles. The maximum absolute atomic E-state index is 6.07. The normalized spacial score (nSPS) is 13.1. The van der Waals surface area contributed by atoms with Gasteiger partial charge in [0.2, 0.25) is 0 Å². The van der Waals surface area contributed by atoms with Crippen LogP contribution >= 0.6 is 31.1 Å². The summed E-state index contributed by atoms with van der Waals surface area (Å²) in [5.41, 5.74) is 0. The van der Waals surface area contributed by atoms with E-state index in [1.165, 1.54) is 10.6 Å². The summed E-state index contributed by atoms with van der Waals surface area (Å²) in [5.74, 6) is 0.606. The van der Waals surface area contributed by atoms with E-state index >= 15 is 0 Å². The second-order valence-electron chi connectivity index (χ2n) is 6.34. The van der Waals surface area contributed by atoms with Crippen molar-refractivity contribution in [1.29, 1.82) is 0 Å². The van der Waals surface area contributed by atoms with Crippen LogP contribution in [-0.4, -0.2) is 31.2 Å². The van der Waals surface area contributed by atoms with E-state index in [-0.39, 0.29) is 0 Å². The van der Waals surface area contributed by atoms with Gasteiger partial charge < -0.3 is 4.90 Å². The highest BCUT2D eigenvalue weighted by molar-refractivity contribution is 7.73. The van der Waals surface area contributed by atoms with Crippen LogP contribution in [0.4, 0.5) is 0 Å². The molecule has 124 valence electrons. The molecule has 0 aliphatic heterocycles. The molecule has 1 atom stereocenters. The lowest BCUT2D eigenvalue weighted by Crippen LogP contribution is -2.37. The predicted octanol–water partition coefficient (Wildman–Crippen LogP) is 5.01. The molecule has 0 amide bonds. The molecule has 0 bridgehead atoms. The average molecular weight is 368 g/mol. The Morgan fingerprint density at radius 3 is 1.52 bits per heavy atom. The van der Waals surface area contributed by atoms with Crippen LogP contribution in [0.15, 0.2) is 48.5 Å². The SMILES string of the molecule is CC(C)[C@@H](CP(c1ccc(Cl)cc1)c1ccc(Cl)cc1)N(C)C. The summed E-state index contributed by atoms with van der Waals surface area (Å²) < 4.78 is 0. The molecule has 1 nitrogen and oxygen atoms in total. The Bertz CT molecular complexity index is 555. The van der Waals surface area contributed by atoms with Crippen molar-refractivity contribution in [2.45, 2.75) is 19.9 Å². The van der Waals surface area contributed by atoms with E-state index in [9.17, 15) is 0 Å². The molecular weight excluding hydrogens is 344 g/mol. The molecular formula is C19H24Cl2NP. The first-order valence-corrected chi connectivity index (χ1v) is 10.1. The first-order chi connectivity index (χ1) is 10.9. The quantitative estimate of drug-likeness (QED) is 0.648. The molecule has 0 aliphatic carbocycles. The fraction of sp³-hybridized carbons (Fsp3) is 0.368. The fourth-order valence-electron chi connectivity index (χ4n) is 2.76. The lowest BCUT2D eigenvalue weighted by molar-refractivity contribution is 0.255. The van der Waals surface area contributed by atoms with E-state index in [1.54, 1.807) is 0 Å². The summed E-state index contributed by atoms with van der Waals surface area (Å²) in [5, 5.41) is 4.29. The second kappa shape index (κ2) is 8.49. The highest BCUT2D eigenvalue weighted by atomic mass is 35.5. The first-order valence-electron chi connectivity index (χ1n) is 7.83. The molecule has 0 heterocycles. The van der Waals surface area contributed by atoms with Crippen LogP contribution in [0.5, 0.6) is 0 Å². The van der Waals surface area contributed by atoms with E-state index in [2.05, 4.69) is 57.1 Å². The van der Waals surface area contributed by atoms with Crippen molar-refractivity contribution < 1.29 is 0 Å². The monoisotopic (exact) mass is 367 g/mol. The number of nitrogens with zero attached hydrogens (tertiary/aromatic N) is 1. The van der Waals surface area contributed by atoms with Crippen molar-refractivity contribution in [3.8, 4) is 0 Å². The van der Waals surface area contributed by atoms with Crippen molar-refractivity contribution >= 4 is 41.7 Å². The van der Waals surface area contributed by atoms with Crippen molar-refractivity contribution in [1.82, 2.24) is 4.90 Å². The molecule has 0 N–H and O–H groups in total. The minimum atomic E-state index is -0.439. The fourth-order valence-corrected chi connectivity index (χ4v) is 5.87. The van der Waals surface area contributed by atoms with Crippen LogP contribution in [-0.2, 0) is 0 Å². The summed E-state index contributed by atoms with van der Waals surface area (Å²) in [6.45, 7) is 4.59. The van der Waals surface area contributed by atoms with Gasteiger partial charge in [0.25, 0.3) is 0 Å². The summed E-state index contributed by atoms with van der Waals surface area (Å²) >= 11 is 12.1. The van der Waals surface area contributed by atoms with E-state index < -0.39 is 7.92 Å². The van der Waals surface area contributed by atoms with Crippen molar-refractivity contribution in [2.24, 2.45) is 5.92 Å². The number of hydrogen-bond acceptors (Lipinski definition) is 1. The first kappa shape index (κ1) is 18.7. The van der Waals surface area contributed by atoms with Gasteiger partial charge in [-0.15, -0.1) is 0 Å². The molecule has 4 heteroatoms. The molecule has 2 aromatic rings. The summed E-state index contributed by atoms with van der Waals surface area (Å²) in [7, 11) is 3.90. The Balaban J connectivity index is 2.38. The maximum atomic E-state index is 6.07. The molecule has 0 fully saturated rings. The zero-order valence-corrected chi connectivity index (χ0v) is 16.5. The Labute approximate surface area is 151 Å². The van der Waals surface area contributed by atoms with Crippen LogP contribution in [0.3, 0.4) is 0 Å². The Hall–Kier alpha value is -0.590. The summed E-state index contributed by atoms with van der Waals surface area (Å²) in [6, 6.07) is 17.1. The lowest BCUT2D eigenvalue weighted by atomic mass is 10.1. The third-order valence-corrected chi connectivity index (χ3v) is 7.17. The van der Waals surface area contributed by atoms with Gasteiger partial charge in [-0.05, 0) is 69.0 Å². The molecule has 0 radical (unpaired) electrons. The topological polar surface area (TPSA) is 3.24 Å². The largest absolute Gasteiger partial charge is 0.306 e. The number of benzene rings is 2. The van der Waals surface area contributed by atoms with Gasteiger partial charge in [0, 0.05) is 16.1 Å². The second-order valence-corrected chi connectivity index (χ2v) is 9.47. The highest BCUT2D eigenvalue weighted by Gasteiger charge is 2.23. The van der Waals surface area contributed by atoms with Gasteiger partial charge in [0.15, 0.2) is 0 Å². The molecule has 2 rings (SSSR count). The van der Waals surface area contributed by atoms with Gasteiger partial charge in [-0.3, -0.25) is 0 Å². The van der Waals surface area contributed by atoms with Crippen molar-refractivity contribution in [3.05, 3.63) is 58.6 Å². The van der Waals surface area contributed by atoms with Gasteiger partial charge in [0.1, 0.15) is 0 Å². The molecule has 0 aliphatic rings. The zero-order valence-electron chi connectivity index (χ0n) is 14.1. The standard InChI is InChI=1S/C19H24Cl2NP/c1-14(2)19(22(3)4)13-23(17-9-5-15(20)6-10-17)18-11-7-16(21)8-12-18/h5-12,14,19H,13H2,1-4H3/t19-/m1/s1. The minimum absolute atomic E-state index is 0.439. The van der Waals surface area contributed by atoms with E-state index in [4.69, 9.17) is 23.2 Å². The van der Waals surface area contributed by atoms with Crippen LogP contribution in [0.2, 0.25) is 10.0 Å². The molecule has 2 aromatic carbocycles. The van der Waals surface area contributed by atoms with Gasteiger partial charge in [-0.2, -0.15) is 0 Å². The molecule has 0 saturated heterocycles. The maximum Gasteiger partial charge on any atom is 0.0406 e. The predicted molar refractivity (Wildman–Crippen MR) is 106 cm³/mol. The van der Waals surface area contributed by atoms with Crippen LogP contribution in [0, 0.1) is 5.92 Å². The molecule has 0 spiro atoms. The molecule has 0 aromatic heterocycles. The number of halogens is 2. The van der Waals surface area contributed by atoms with Crippen molar-refractivity contribution in [2.75, 3.05) is 20.3 Å². The lowest BCUT2D eigenvalue weighted by Gasteiger charge is -2.32. The van der Waals surface area contributed by atoms with Gasteiger partial charge >= 0.3 is 0 Å². The molecule has 23 heavy (non-hydrogen) atoms. The van der Waals surface area contributed by atoms with Gasteiger partial charge in [0.05, 0.1) is 0 Å². The Morgan fingerprint density at radius 2 is 1.22 bits per heavy atom. The Morgan fingerprint density at radius 1 is 0.826 bits per heavy atom. The van der Waals surface area contributed by atoms with E-state index in [0.717, 1.165) is 16.2 Å². The number of rotatable bonds is 6. The summed E-state index contributed by atoms with van der Waals surface area (Å²) in [4.78, 5) is 2.34. The molecule has 0 unspecified atom stereocenters. The van der Waals surface area contributed by atoms with Crippen LogP contribution in [0.1, 0.15) is 13.8 Å². The van der Waals surface area contributed by atoms with Crippen molar-refractivity contribution in [3.63, 3.8) is 0 Å².